The number of benzene rings is 1. The van der Waals surface area contributed by atoms with Gasteiger partial charge in [0.25, 0.3) is 0 Å². The number of ether oxygens (including phenoxy) is 2. The number of nitrogens with one attached hydrogen (secondary N) is 2. The van der Waals surface area contributed by atoms with E-state index in [-0.39, 0.29) is 12.1 Å². The molecule has 0 spiro atoms. The Hall–Kier alpha value is -2.00. The quantitative estimate of drug-likeness (QED) is 0.794. The summed E-state index contributed by atoms with van der Waals surface area (Å²) in [6, 6.07) is 5.24. The van der Waals surface area contributed by atoms with E-state index in [0.717, 1.165) is 31.9 Å². The molecular formula is C18H27N3O5S. The lowest BCUT2D eigenvalue weighted by Crippen LogP contribution is -2.47. The van der Waals surface area contributed by atoms with Gasteiger partial charge in [-0.3, -0.25) is 0 Å². The molecule has 2 aliphatic rings. The average Bonchev–Trinajstić information content (AvgIpc) is 2.86. The molecule has 150 valence electrons. The lowest BCUT2D eigenvalue weighted by Gasteiger charge is -2.35. The zero-order chi connectivity index (χ0) is 19.3. The molecule has 2 amide bonds. The highest BCUT2D eigenvalue weighted by Gasteiger charge is 2.27. The Bertz CT molecular complexity index is 768. The first-order valence-electron chi connectivity index (χ1n) is 9.34. The second-order valence-electron chi connectivity index (χ2n) is 6.94. The van der Waals surface area contributed by atoms with Crippen molar-refractivity contribution in [3.8, 4) is 11.5 Å². The van der Waals surface area contributed by atoms with Gasteiger partial charge in [0.1, 0.15) is 0 Å². The van der Waals surface area contributed by atoms with Crippen LogP contribution in [-0.2, 0) is 10.0 Å². The normalized spacial score (nSPS) is 20.0. The van der Waals surface area contributed by atoms with E-state index < -0.39 is 10.0 Å². The van der Waals surface area contributed by atoms with Gasteiger partial charge in [-0.1, -0.05) is 0 Å². The van der Waals surface area contributed by atoms with Crippen molar-refractivity contribution in [2.24, 2.45) is 0 Å². The number of carbonyl (C=O) groups is 1. The van der Waals surface area contributed by atoms with Crippen LogP contribution >= 0.6 is 0 Å². The molecule has 2 aliphatic heterocycles. The summed E-state index contributed by atoms with van der Waals surface area (Å²) < 4.78 is 36.3. The van der Waals surface area contributed by atoms with E-state index in [1.807, 2.05) is 0 Å². The predicted octanol–water partition coefficient (Wildman–Crippen LogP) is 2.17. The summed E-state index contributed by atoms with van der Waals surface area (Å²) in [5.41, 5.74) is 0.655. The summed E-state index contributed by atoms with van der Waals surface area (Å²) in [6.45, 7) is 2.21. The number of nitrogens with zero attached hydrogens (tertiary/aromatic N) is 1. The van der Waals surface area contributed by atoms with Gasteiger partial charge in [-0.25, -0.2) is 17.9 Å². The van der Waals surface area contributed by atoms with Crippen LogP contribution in [0.3, 0.4) is 0 Å². The Morgan fingerprint density at radius 3 is 2.74 bits per heavy atom. The first-order chi connectivity index (χ1) is 12.9. The number of urea groups is 1. The van der Waals surface area contributed by atoms with Gasteiger partial charge in [0.15, 0.2) is 11.5 Å². The largest absolute Gasteiger partial charge is 0.490 e. The highest BCUT2D eigenvalue weighted by Crippen LogP contribution is 2.32. The van der Waals surface area contributed by atoms with Crippen LogP contribution in [0.25, 0.3) is 0 Å². The van der Waals surface area contributed by atoms with Gasteiger partial charge < -0.3 is 19.7 Å². The molecule has 0 bridgehead atoms. The summed E-state index contributed by atoms with van der Waals surface area (Å²) in [5, 5.41) is 2.93. The fourth-order valence-electron chi connectivity index (χ4n) is 3.42. The van der Waals surface area contributed by atoms with Crippen LogP contribution in [-0.4, -0.2) is 57.9 Å². The molecule has 0 saturated carbocycles. The van der Waals surface area contributed by atoms with Crippen molar-refractivity contribution in [2.45, 2.75) is 38.1 Å². The van der Waals surface area contributed by atoms with Crippen molar-refractivity contribution >= 4 is 21.7 Å². The second kappa shape index (κ2) is 8.79. The number of hydrogen-bond acceptors (Lipinski definition) is 5. The molecule has 0 unspecified atom stereocenters. The molecule has 2 N–H and O–H groups in total. The Labute approximate surface area is 160 Å². The van der Waals surface area contributed by atoms with E-state index >= 15 is 0 Å². The van der Waals surface area contributed by atoms with E-state index in [1.165, 1.54) is 0 Å². The zero-order valence-electron chi connectivity index (χ0n) is 15.6. The fraction of sp³-hybridized carbons (Fsp3) is 0.611. The highest BCUT2D eigenvalue weighted by molar-refractivity contribution is 7.88. The molecular weight excluding hydrogens is 370 g/mol. The van der Waals surface area contributed by atoms with Gasteiger partial charge in [-0.2, -0.15) is 0 Å². The standard InChI is InChI=1S/C18H27N3O5S/c1-27(23,24)19-9-8-15-5-2-3-10-21(15)18(22)20-14-6-7-16-17(13-14)26-12-4-11-25-16/h6-7,13,15,19H,2-5,8-12H2,1H3,(H,20,22)/t15-/m1/s1. The maximum Gasteiger partial charge on any atom is 0.322 e. The number of sulfonamides is 1. The predicted molar refractivity (Wildman–Crippen MR) is 103 cm³/mol. The molecule has 9 heteroatoms. The summed E-state index contributed by atoms with van der Waals surface area (Å²) in [7, 11) is -3.22. The third-order valence-electron chi connectivity index (χ3n) is 4.73. The number of piperidine rings is 1. The van der Waals surface area contributed by atoms with Crippen molar-refractivity contribution in [1.82, 2.24) is 9.62 Å². The topological polar surface area (TPSA) is 97.0 Å². The third-order valence-corrected chi connectivity index (χ3v) is 5.46. The van der Waals surface area contributed by atoms with Crippen LogP contribution in [0.4, 0.5) is 10.5 Å². The Morgan fingerprint density at radius 2 is 1.96 bits per heavy atom. The van der Waals surface area contributed by atoms with Crippen molar-refractivity contribution < 1.29 is 22.7 Å². The van der Waals surface area contributed by atoms with Crippen molar-refractivity contribution in [3.63, 3.8) is 0 Å². The van der Waals surface area contributed by atoms with E-state index in [2.05, 4.69) is 10.0 Å². The minimum absolute atomic E-state index is 0.0217. The summed E-state index contributed by atoms with van der Waals surface area (Å²) >= 11 is 0. The average molecular weight is 397 g/mol. The zero-order valence-corrected chi connectivity index (χ0v) is 16.4. The summed E-state index contributed by atoms with van der Waals surface area (Å²) in [6.07, 6.45) is 5.43. The maximum atomic E-state index is 12.8. The molecule has 8 nitrogen and oxygen atoms in total. The first kappa shape index (κ1) is 19.8. The lowest BCUT2D eigenvalue weighted by atomic mass is 10.00. The molecule has 0 aromatic heterocycles. The Balaban J connectivity index is 1.62. The van der Waals surface area contributed by atoms with E-state index in [0.29, 0.717) is 49.9 Å². The van der Waals surface area contributed by atoms with Crippen molar-refractivity contribution in [2.75, 3.05) is 37.9 Å². The molecule has 1 aromatic rings. The van der Waals surface area contributed by atoms with E-state index in [9.17, 15) is 13.2 Å². The molecule has 0 aliphatic carbocycles. The molecule has 2 heterocycles. The second-order valence-corrected chi connectivity index (χ2v) is 8.77. The van der Waals surface area contributed by atoms with Gasteiger partial charge in [-0.15, -0.1) is 0 Å². The molecule has 1 atom stereocenters. The minimum atomic E-state index is -3.22. The van der Waals surface area contributed by atoms with Crippen LogP contribution < -0.4 is 19.5 Å². The Morgan fingerprint density at radius 1 is 1.19 bits per heavy atom. The highest BCUT2D eigenvalue weighted by atomic mass is 32.2. The third kappa shape index (κ3) is 5.74. The van der Waals surface area contributed by atoms with E-state index in [1.54, 1.807) is 23.1 Å². The van der Waals surface area contributed by atoms with Crippen LogP contribution in [0.1, 0.15) is 32.1 Å². The van der Waals surface area contributed by atoms with Gasteiger partial charge in [0, 0.05) is 37.3 Å². The number of rotatable bonds is 5. The number of amides is 2. The first-order valence-corrected chi connectivity index (χ1v) is 11.2. The van der Waals surface area contributed by atoms with Crippen LogP contribution in [0, 0.1) is 0 Å². The van der Waals surface area contributed by atoms with E-state index in [4.69, 9.17) is 9.47 Å². The lowest BCUT2D eigenvalue weighted by molar-refractivity contribution is 0.158. The minimum Gasteiger partial charge on any atom is -0.490 e. The molecule has 1 saturated heterocycles. The smallest absolute Gasteiger partial charge is 0.322 e. The molecule has 1 fully saturated rings. The number of likely N-dealkylation sites (tertiary alicyclic amines) is 1. The molecule has 27 heavy (non-hydrogen) atoms. The fourth-order valence-corrected chi connectivity index (χ4v) is 3.90. The van der Waals surface area contributed by atoms with Crippen LogP contribution in [0.15, 0.2) is 18.2 Å². The number of hydrogen-bond donors (Lipinski definition) is 2. The summed E-state index contributed by atoms with van der Waals surface area (Å²) in [5.74, 6) is 1.33. The van der Waals surface area contributed by atoms with Gasteiger partial charge >= 0.3 is 6.03 Å². The molecule has 0 radical (unpaired) electrons. The summed E-state index contributed by atoms with van der Waals surface area (Å²) in [4.78, 5) is 14.6. The molecule has 3 rings (SSSR count). The number of carbonyl (C=O) groups excluding carboxylic acids is 1. The van der Waals surface area contributed by atoms with Gasteiger partial charge in [0.2, 0.25) is 10.0 Å². The Kier molecular flexibility index (Phi) is 6.43. The monoisotopic (exact) mass is 397 g/mol. The van der Waals surface area contributed by atoms with Gasteiger partial charge in [-0.05, 0) is 37.8 Å². The number of anilines is 1. The number of fused-ring (bicyclic) bond motifs is 1. The SMILES string of the molecule is CS(=O)(=O)NCC[C@H]1CCCCN1C(=O)Nc1ccc2c(c1)OCCCO2. The van der Waals surface area contributed by atoms with Crippen LogP contribution in [0.2, 0.25) is 0 Å². The van der Waals surface area contributed by atoms with Crippen molar-refractivity contribution in [1.29, 1.82) is 0 Å². The van der Waals surface area contributed by atoms with Crippen LogP contribution in [0.5, 0.6) is 11.5 Å². The van der Waals surface area contributed by atoms with Crippen molar-refractivity contribution in [3.05, 3.63) is 18.2 Å². The molecule has 1 aromatic carbocycles. The maximum absolute atomic E-state index is 12.8. The van der Waals surface area contributed by atoms with Gasteiger partial charge in [0.05, 0.1) is 19.5 Å².